The lowest BCUT2D eigenvalue weighted by Crippen LogP contribution is -2.05. The number of hydrogen-bond donors (Lipinski definition) is 0. The van der Waals surface area contributed by atoms with Gasteiger partial charge in [-0.15, -0.1) is 0 Å². The summed E-state index contributed by atoms with van der Waals surface area (Å²) in [7, 11) is -1.02. The summed E-state index contributed by atoms with van der Waals surface area (Å²) in [5.74, 6) is 0.558. The molecular weight excluding hydrogens is 306 g/mol. The van der Waals surface area contributed by atoms with E-state index in [0.717, 1.165) is 9.60 Å². The number of benzene rings is 2. The quantitative estimate of drug-likeness (QED) is 0.744. The number of nitrogens with zero attached hydrogens (tertiary/aromatic N) is 1. The molecule has 0 aliphatic rings. The van der Waals surface area contributed by atoms with Gasteiger partial charge in [-0.1, -0.05) is 23.5 Å². The first kappa shape index (κ1) is 13.9. The van der Waals surface area contributed by atoms with Crippen LogP contribution in [0.2, 0.25) is 0 Å². The van der Waals surface area contributed by atoms with Crippen LogP contribution in [-0.4, -0.2) is 15.4 Å². The lowest BCUT2D eigenvalue weighted by molar-refractivity contribution is 0.476. The smallest absolute Gasteiger partial charge is 0.282 e. The Morgan fingerprint density at radius 3 is 2.52 bits per heavy atom. The van der Waals surface area contributed by atoms with Crippen molar-refractivity contribution in [3.63, 3.8) is 0 Å². The molecule has 3 rings (SSSR count). The van der Waals surface area contributed by atoms with E-state index in [1.807, 2.05) is 18.2 Å². The second-order valence-corrected chi connectivity index (χ2v) is 6.68. The summed E-state index contributed by atoms with van der Waals surface area (Å²) < 4.78 is 17.8. The normalized spacial score (nSPS) is 12.2. The third-order valence-electron chi connectivity index (χ3n) is 2.87. The molecule has 0 bridgehead atoms. The average Bonchev–Trinajstić information content (AvgIpc) is 2.48. The molecule has 2 aromatic carbocycles. The molecule has 0 aliphatic heterocycles. The molecule has 1 unspecified atom stereocenters. The Labute approximate surface area is 127 Å². The Morgan fingerprint density at radius 2 is 1.81 bits per heavy atom. The fraction of sp³-hybridized carbons (Fsp3) is 0.0667. The zero-order valence-corrected chi connectivity index (χ0v) is 12.7. The summed E-state index contributed by atoms with van der Waals surface area (Å²) in [6, 6.07) is 14.2. The molecule has 4 nitrogen and oxygen atoms in total. The number of ether oxygens (including phenoxy) is 1. The van der Waals surface area contributed by atoms with Crippen LogP contribution in [0.3, 0.4) is 0 Å². The molecule has 0 N–H and O–H groups in total. The molecule has 0 saturated heterocycles. The van der Waals surface area contributed by atoms with Gasteiger partial charge in [-0.25, -0.2) is 0 Å². The van der Waals surface area contributed by atoms with Gasteiger partial charge in [0.05, 0.1) is 5.39 Å². The van der Waals surface area contributed by atoms with Gasteiger partial charge in [0.1, 0.15) is 5.75 Å². The zero-order valence-electron chi connectivity index (χ0n) is 11.1. The van der Waals surface area contributed by atoms with Crippen molar-refractivity contribution < 1.29 is 8.95 Å². The first-order valence-corrected chi connectivity index (χ1v) is 8.52. The largest absolute Gasteiger partial charge is 0.431 e. The van der Waals surface area contributed by atoms with Crippen molar-refractivity contribution in [1.82, 2.24) is 4.98 Å². The Hall–Kier alpha value is -2.05. The summed E-state index contributed by atoms with van der Waals surface area (Å²) >= 11 is 1.31. The van der Waals surface area contributed by atoms with Gasteiger partial charge in [-0.3, -0.25) is 9.00 Å². The summed E-state index contributed by atoms with van der Waals surface area (Å²) in [4.78, 5) is 16.6. The van der Waals surface area contributed by atoms with Crippen molar-refractivity contribution >= 4 is 32.2 Å². The number of aromatic nitrogens is 1. The van der Waals surface area contributed by atoms with Gasteiger partial charge in [0.25, 0.3) is 10.8 Å². The molecule has 0 radical (unpaired) electrons. The van der Waals surface area contributed by atoms with E-state index in [-0.39, 0.29) is 5.56 Å². The van der Waals surface area contributed by atoms with Gasteiger partial charge < -0.3 is 4.74 Å². The van der Waals surface area contributed by atoms with Crippen LogP contribution in [0.1, 0.15) is 0 Å². The minimum Gasteiger partial charge on any atom is -0.431 e. The Balaban J connectivity index is 1.94. The number of rotatable bonds is 3. The van der Waals surface area contributed by atoms with E-state index in [0.29, 0.717) is 16.3 Å². The molecule has 1 heterocycles. The molecule has 0 amide bonds. The topological polar surface area (TPSA) is 56.3 Å². The van der Waals surface area contributed by atoms with Crippen LogP contribution in [0.4, 0.5) is 0 Å². The molecular formula is C15H11NO3S2. The predicted octanol–water partition coefficient (Wildman–Crippen LogP) is 3.19. The SMILES string of the molecule is CS(=O)c1ccc(Oc2nc(=O)c3ccccc3s2)cc1. The lowest BCUT2D eigenvalue weighted by atomic mass is 10.3. The third-order valence-corrected chi connectivity index (χ3v) is 4.73. The predicted molar refractivity (Wildman–Crippen MR) is 84.7 cm³/mol. The first-order valence-electron chi connectivity index (χ1n) is 6.15. The standard InChI is InChI=1S/C15H11NO3S2/c1-21(18)11-8-6-10(7-9-11)19-15-16-14(17)12-4-2-3-5-13(12)20-15/h2-9H,1H3. The van der Waals surface area contributed by atoms with Crippen LogP contribution in [0.15, 0.2) is 58.2 Å². The van der Waals surface area contributed by atoms with Gasteiger partial charge in [0, 0.05) is 26.7 Å². The minimum absolute atomic E-state index is 0.295. The van der Waals surface area contributed by atoms with Gasteiger partial charge in [0.2, 0.25) is 0 Å². The molecule has 21 heavy (non-hydrogen) atoms. The molecule has 0 aliphatic carbocycles. The van der Waals surface area contributed by atoms with Crippen LogP contribution in [0.5, 0.6) is 10.9 Å². The fourth-order valence-electron chi connectivity index (χ4n) is 1.84. The molecule has 6 heteroatoms. The van der Waals surface area contributed by atoms with Crippen LogP contribution < -0.4 is 10.3 Å². The highest BCUT2D eigenvalue weighted by Crippen LogP contribution is 2.27. The van der Waals surface area contributed by atoms with Crippen molar-refractivity contribution in [2.24, 2.45) is 0 Å². The summed E-state index contributed by atoms with van der Waals surface area (Å²) in [5.41, 5.74) is -0.300. The maximum absolute atomic E-state index is 11.9. The maximum atomic E-state index is 11.9. The highest BCUT2D eigenvalue weighted by Gasteiger charge is 2.06. The second kappa shape index (κ2) is 5.75. The van der Waals surface area contributed by atoms with E-state index in [2.05, 4.69) is 4.98 Å². The second-order valence-electron chi connectivity index (χ2n) is 4.31. The zero-order chi connectivity index (χ0) is 14.8. The fourth-order valence-corrected chi connectivity index (χ4v) is 3.22. The molecule has 3 aromatic rings. The number of hydrogen-bond acceptors (Lipinski definition) is 5. The van der Waals surface area contributed by atoms with Crippen LogP contribution in [-0.2, 0) is 10.8 Å². The summed E-state index contributed by atoms with van der Waals surface area (Å²) in [5, 5.41) is 0.885. The maximum Gasteiger partial charge on any atom is 0.282 e. The molecule has 1 atom stereocenters. The van der Waals surface area contributed by atoms with E-state index in [1.54, 1.807) is 36.6 Å². The molecule has 0 spiro atoms. The van der Waals surface area contributed by atoms with Crippen molar-refractivity contribution in [2.75, 3.05) is 6.26 Å². The van der Waals surface area contributed by atoms with Crippen molar-refractivity contribution in [3.05, 3.63) is 58.9 Å². The van der Waals surface area contributed by atoms with Crippen molar-refractivity contribution in [1.29, 1.82) is 0 Å². The van der Waals surface area contributed by atoms with E-state index in [1.165, 1.54) is 11.3 Å². The molecule has 0 fully saturated rings. The molecule has 1 aromatic heterocycles. The minimum atomic E-state index is -1.02. The van der Waals surface area contributed by atoms with E-state index in [4.69, 9.17) is 4.74 Å². The van der Waals surface area contributed by atoms with Crippen LogP contribution in [0.25, 0.3) is 10.1 Å². The summed E-state index contributed by atoms with van der Waals surface area (Å²) in [6.07, 6.45) is 1.62. The average molecular weight is 317 g/mol. The third kappa shape index (κ3) is 3.01. The Bertz CT molecular complexity index is 872. The van der Waals surface area contributed by atoms with E-state index >= 15 is 0 Å². The number of fused-ring (bicyclic) bond motifs is 1. The lowest BCUT2D eigenvalue weighted by Gasteiger charge is -2.05. The van der Waals surface area contributed by atoms with Crippen molar-refractivity contribution in [3.8, 4) is 10.9 Å². The van der Waals surface area contributed by atoms with Gasteiger partial charge in [0.15, 0.2) is 0 Å². The van der Waals surface area contributed by atoms with Gasteiger partial charge in [-0.2, -0.15) is 4.98 Å². The summed E-state index contributed by atoms with van der Waals surface area (Å²) in [6.45, 7) is 0. The first-order chi connectivity index (χ1) is 10.1. The van der Waals surface area contributed by atoms with Crippen LogP contribution >= 0.6 is 11.3 Å². The van der Waals surface area contributed by atoms with Crippen LogP contribution in [0, 0.1) is 0 Å². The Kier molecular flexibility index (Phi) is 3.81. The highest BCUT2D eigenvalue weighted by atomic mass is 32.2. The molecule has 0 saturated carbocycles. The monoisotopic (exact) mass is 317 g/mol. The van der Waals surface area contributed by atoms with Gasteiger partial charge >= 0.3 is 0 Å². The molecule has 106 valence electrons. The van der Waals surface area contributed by atoms with Crippen molar-refractivity contribution in [2.45, 2.75) is 4.90 Å². The van der Waals surface area contributed by atoms with E-state index in [9.17, 15) is 9.00 Å². The van der Waals surface area contributed by atoms with E-state index < -0.39 is 10.8 Å². The highest BCUT2D eigenvalue weighted by molar-refractivity contribution is 7.84. The Morgan fingerprint density at radius 1 is 1.10 bits per heavy atom. The van der Waals surface area contributed by atoms with Gasteiger partial charge in [-0.05, 0) is 36.4 Å².